The Hall–Kier alpha value is -3.65. The van der Waals surface area contributed by atoms with Gasteiger partial charge >= 0.3 is 0 Å². The molecular formula is C28H26ClF2N3O3. The van der Waals surface area contributed by atoms with Crippen LogP contribution in [0, 0.1) is 20.8 Å². The minimum atomic E-state index is -2.95. The van der Waals surface area contributed by atoms with Gasteiger partial charge in [0.25, 0.3) is 17.4 Å². The van der Waals surface area contributed by atoms with Crippen molar-refractivity contribution in [3.05, 3.63) is 80.4 Å². The molecule has 0 saturated heterocycles. The van der Waals surface area contributed by atoms with E-state index in [-0.39, 0.29) is 16.8 Å². The van der Waals surface area contributed by atoms with Crippen LogP contribution in [0.25, 0.3) is 22.0 Å². The number of pyridine rings is 1. The van der Waals surface area contributed by atoms with Crippen LogP contribution in [-0.4, -0.2) is 26.9 Å². The molecule has 0 aliphatic heterocycles. The molecule has 1 aliphatic rings. The van der Waals surface area contributed by atoms with Crippen molar-refractivity contribution in [2.24, 2.45) is 7.05 Å². The number of benzene rings is 2. The Morgan fingerprint density at radius 1 is 1.11 bits per heavy atom. The minimum absolute atomic E-state index is 0.0417. The molecule has 0 bridgehead atoms. The highest BCUT2D eigenvalue weighted by atomic mass is 35.5. The van der Waals surface area contributed by atoms with Gasteiger partial charge in [0.2, 0.25) is 0 Å². The Morgan fingerprint density at radius 2 is 1.76 bits per heavy atom. The summed E-state index contributed by atoms with van der Waals surface area (Å²) in [7, 11) is 1.62. The second-order valence-corrected chi connectivity index (χ2v) is 10.5. The molecule has 1 saturated carbocycles. The molecular weight excluding hydrogens is 500 g/mol. The summed E-state index contributed by atoms with van der Waals surface area (Å²) in [6.07, 6.45) is 1.27. The number of aryl methyl sites for hydroxylation is 4. The lowest BCUT2D eigenvalue weighted by Gasteiger charge is -2.15. The summed E-state index contributed by atoms with van der Waals surface area (Å²) in [5.74, 6) is -2.33. The number of hydrogen-bond donors (Lipinski definition) is 2. The zero-order valence-electron chi connectivity index (χ0n) is 21.1. The van der Waals surface area contributed by atoms with Crippen LogP contribution in [-0.2, 0) is 7.05 Å². The number of nitrogens with zero attached hydrogens (tertiary/aromatic N) is 1. The van der Waals surface area contributed by atoms with Crippen LogP contribution < -0.4 is 15.6 Å². The summed E-state index contributed by atoms with van der Waals surface area (Å²) >= 11 is 6.16. The molecule has 192 valence electrons. The minimum Gasteiger partial charge on any atom is -0.457 e. The lowest BCUT2D eigenvalue weighted by atomic mass is 10.0. The van der Waals surface area contributed by atoms with E-state index in [0.29, 0.717) is 27.5 Å². The maximum atomic E-state index is 13.7. The van der Waals surface area contributed by atoms with Crippen molar-refractivity contribution in [2.75, 3.05) is 0 Å². The SMILES string of the molecule is Cc1cc(Oc2c(C)cc(Cl)cc2C)cc(-c2cn(C)c(=O)c3[nH]c(C(=O)NC4(C)CC4(F)F)cc23)c1. The predicted molar refractivity (Wildman–Crippen MR) is 140 cm³/mol. The lowest BCUT2D eigenvalue weighted by Crippen LogP contribution is -2.39. The third-order valence-electron chi connectivity index (χ3n) is 6.86. The molecule has 37 heavy (non-hydrogen) atoms. The molecule has 2 aromatic heterocycles. The van der Waals surface area contributed by atoms with E-state index in [1.54, 1.807) is 13.2 Å². The van der Waals surface area contributed by atoms with Crippen molar-refractivity contribution in [3.8, 4) is 22.6 Å². The van der Waals surface area contributed by atoms with Crippen molar-refractivity contribution in [1.82, 2.24) is 14.9 Å². The Labute approximate surface area is 217 Å². The number of alkyl halides is 2. The summed E-state index contributed by atoms with van der Waals surface area (Å²) in [5.41, 5.74) is 2.51. The number of carbonyl (C=O) groups is 1. The molecule has 6 nitrogen and oxygen atoms in total. The number of H-pyrrole nitrogens is 1. The van der Waals surface area contributed by atoms with E-state index >= 15 is 0 Å². The second-order valence-electron chi connectivity index (χ2n) is 10.1. The molecule has 4 aromatic rings. The molecule has 1 amide bonds. The molecule has 2 aromatic carbocycles. The summed E-state index contributed by atoms with van der Waals surface area (Å²) in [6.45, 7) is 7.08. The number of nitrogens with one attached hydrogen (secondary N) is 2. The number of aromatic nitrogens is 2. The normalized spacial score (nSPS) is 18.2. The van der Waals surface area contributed by atoms with Crippen LogP contribution in [0.4, 0.5) is 8.78 Å². The molecule has 0 spiro atoms. The van der Waals surface area contributed by atoms with Crippen LogP contribution in [0.2, 0.25) is 5.02 Å². The number of aromatic amines is 1. The van der Waals surface area contributed by atoms with Crippen molar-refractivity contribution in [3.63, 3.8) is 0 Å². The summed E-state index contributed by atoms with van der Waals surface area (Å²) in [6, 6.07) is 10.9. The van der Waals surface area contributed by atoms with Gasteiger partial charge in [-0.05, 0) is 80.3 Å². The molecule has 2 heterocycles. The fourth-order valence-corrected chi connectivity index (χ4v) is 5.01. The number of amides is 1. The molecule has 1 atom stereocenters. The smallest absolute Gasteiger partial charge is 0.274 e. The number of ether oxygens (including phenoxy) is 1. The zero-order valence-corrected chi connectivity index (χ0v) is 21.8. The third-order valence-corrected chi connectivity index (χ3v) is 7.08. The number of hydrogen-bond acceptors (Lipinski definition) is 3. The van der Waals surface area contributed by atoms with Crippen molar-refractivity contribution < 1.29 is 18.3 Å². The Morgan fingerprint density at radius 3 is 2.38 bits per heavy atom. The molecule has 0 radical (unpaired) electrons. The lowest BCUT2D eigenvalue weighted by molar-refractivity contribution is 0.0709. The highest BCUT2D eigenvalue weighted by Gasteiger charge is 2.69. The van der Waals surface area contributed by atoms with E-state index in [2.05, 4.69) is 10.3 Å². The van der Waals surface area contributed by atoms with Gasteiger partial charge in [-0.25, -0.2) is 8.78 Å². The Balaban J connectivity index is 1.57. The fourth-order valence-electron chi connectivity index (χ4n) is 4.68. The molecule has 5 rings (SSSR count). The highest BCUT2D eigenvalue weighted by molar-refractivity contribution is 6.30. The fraction of sp³-hybridized carbons (Fsp3) is 0.286. The molecule has 9 heteroatoms. The van der Waals surface area contributed by atoms with Gasteiger partial charge in [-0.1, -0.05) is 17.7 Å². The topological polar surface area (TPSA) is 76.1 Å². The van der Waals surface area contributed by atoms with Crippen LogP contribution in [0.15, 0.2) is 47.4 Å². The highest BCUT2D eigenvalue weighted by Crippen LogP contribution is 2.52. The molecule has 1 aliphatic carbocycles. The van der Waals surface area contributed by atoms with Crippen LogP contribution in [0.1, 0.15) is 40.5 Å². The predicted octanol–water partition coefficient (Wildman–Crippen LogP) is 6.43. The first-order valence-corrected chi connectivity index (χ1v) is 12.2. The largest absolute Gasteiger partial charge is 0.457 e. The molecule has 1 fully saturated rings. The van der Waals surface area contributed by atoms with E-state index in [9.17, 15) is 18.4 Å². The van der Waals surface area contributed by atoms with E-state index in [0.717, 1.165) is 22.3 Å². The van der Waals surface area contributed by atoms with Crippen molar-refractivity contribution in [2.45, 2.75) is 45.6 Å². The van der Waals surface area contributed by atoms with Crippen LogP contribution in [0.3, 0.4) is 0 Å². The van der Waals surface area contributed by atoms with Crippen molar-refractivity contribution in [1.29, 1.82) is 0 Å². The first-order valence-electron chi connectivity index (χ1n) is 11.8. The van der Waals surface area contributed by atoms with Crippen LogP contribution >= 0.6 is 11.6 Å². The van der Waals surface area contributed by atoms with Gasteiger partial charge in [0.1, 0.15) is 28.2 Å². The van der Waals surface area contributed by atoms with Gasteiger partial charge in [-0.15, -0.1) is 0 Å². The Kier molecular flexibility index (Phi) is 5.71. The standard InChI is InChI=1S/C28H26ClF2N3O3/c1-14-6-17(10-19(7-14)37-24-15(2)8-18(29)9-16(24)3)21-12-34(5)26(36)23-20(21)11-22(32-23)25(35)33-27(4)13-28(27,30)31/h6-12,32H,13H2,1-5H3,(H,33,35). The van der Waals surface area contributed by atoms with Gasteiger partial charge in [0, 0.05) is 35.6 Å². The Bertz CT molecular complexity index is 1630. The molecule has 1 unspecified atom stereocenters. The first-order chi connectivity index (χ1) is 17.3. The van der Waals surface area contributed by atoms with Gasteiger partial charge in [-0.3, -0.25) is 9.59 Å². The van der Waals surface area contributed by atoms with Gasteiger partial charge in [-0.2, -0.15) is 0 Å². The quantitative estimate of drug-likeness (QED) is 0.315. The van der Waals surface area contributed by atoms with E-state index in [1.165, 1.54) is 17.6 Å². The number of carbonyl (C=O) groups excluding carboxylic acids is 1. The van der Waals surface area contributed by atoms with Gasteiger partial charge < -0.3 is 19.6 Å². The van der Waals surface area contributed by atoms with Crippen molar-refractivity contribution >= 4 is 28.4 Å². The second kappa shape index (κ2) is 8.45. The number of fused-ring (bicyclic) bond motifs is 1. The van der Waals surface area contributed by atoms with Gasteiger partial charge in [0.05, 0.1) is 0 Å². The van der Waals surface area contributed by atoms with E-state index in [1.807, 2.05) is 51.1 Å². The van der Waals surface area contributed by atoms with Crippen LogP contribution in [0.5, 0.6) is 11.5 Å². The average molecular weight is 526 g/mol. The van der Waals surface area contributed by atoms with Gasteiger partial charge in [0.15, 0.2) is 0 Å². The average Bonchev–Trinajstić information content (AvgIpc) is 3.10. The zero-order chi connectivity index (χ0) is 26.9. The number of rotatable bonds is 5. The summed E-state index contributed by atoms with van der Waals surface area (Å²) < 4.78 is 35.0. The molecule has 2 N–H and O–H groups in total. The number of halogens is 3. The van der Waals surface area contributed by atoms with E-state index < -0.39 is 23.8 Å². The van der Waals surface area contributed by atoms with E-state index in [4.69, 9.17) is 16.3 Å². The summed E-state index contributed by atoms with van der Waals surface area (Å²) in [4.78, 5) is 28.5. The monoisotopic (exact) mass is 525 g/mol. The third kappa shape index (κ3) is 4.39. The summed E-state index contributed by atoms with van der Waals surface area (Å²) in [5, 5.41) is 3.53. The maximum absolute atomic E-state index is 13.7. The maximum Gasteiger partial charge on any atom is 0.274 e. The first kappa shape index (κ1) is 25.0.